The molecular weight excluding hydrogens is 228 g/mol. The normalized spacial score (nSPS) is 27.5. The van der Waals surface area contributed by atoms with Crippen LogP contribution in [0.1, 0.15) is 43.0 Å². The van der Waals surface area contributed by atoms with Gasteiger partial charge in [0, 0.05) is 0 Å². The summed E-state index contributed by atoms with van der Waals surface area (Å²) in [6.07, 6.45) is 4.53. The Bertz CT molecular complexity index is 427. The highest BCUT2D eigenvalue weighted by Crippen LogP contribution is 2.36. The lowest BCUT2D eigenvalue weighted by Gasteiger charge is -2.37. The van der Waals surface area contributed by atoms with Gasteiger partial charge in [-0.3, -0.25) is 0 Å². The van der Waals surface area contributed by atoms with Crippen molar-refractivity contribution in [3.63, 3.8) is 0 Å². The van der Waals surface area contributed by atoms with Crippen LogP contribution in [-0.4, -0.2) is 17.9 Å². The Morgan fingerprint density at radius 3 is 2.72 bits per heavy atom. The average molecular weight is 246 g/mol. The van der Waals surface area contributed by atoms with Crippen molar-refractivity contribution >= 4 is 12.3 Å². The predicted molar refractivity (Wildman–Crippen MR) is 68.3 cm³/mol. The van der Waals surface area contributed by atoms with E-state index < -0.39 is 5.60 Å². The summed E-state index contributed by atoms with van der Waals surface area (Å²) in [6, 6.07) is 8.91. The van der Waals surface area contributed by atoms with Crippen molar-refractivity contribution in [2.45, 2.75) is 38.2 Å². The van der Waals surface area contributed by atoms with Gasteiger partial charge >= 0.3 is 5.97 Å². The van der Waals surface area contributed by atoms with Gasteiger partial charge in [-0.15, -0.1) is 0 Å². The Kier molecular flexibility index (Phi) is 3.80. The highest BCUT2D eigenvalue weighted by molar-refractivity contribution is 5.89. The van der Waals surface area contributed by atoms with Gasteiger partial charge in [0.25, 0.3) is 0 Å². The zero-order valence-corrected chi connectivity index (χ0v) is 10.6. The van der Waals surface area contributed by atoms with E-state index in [9.17, 15) is 9.59 Å². The highest BCUT2D eigenvalue weighted by atomic mass is 16.6. The molecule has 1 aliphatic carbocycles. The molecular formula is C15H18O3. The van der Waals surface area contributed by atoms with Crippen molar-refractivity contribution in [1.82, 2.24) is 0 Å². The van der Waals surface area contributed by atoms with Gasteiger partial charge in [0.1, 0.15) is 11.9 Å². The van der Waals surface area contributed by atoms with Crippen molar-refractivity contribution in [3.8, 4) is 0 Å². The van der Waals surface area contributed by atoms with Crippen molar-refractivity contribution in [3.05, 3.63) is 35.9 Å². The molecule has 1 aromatic rings. The van der Waals surface area contributed by atoms with E-state index in [2.05, 4.69) is 0 Å². The summed E-state index contributed by atoms with van der Waals surface area (Å²) < 4.78 is 5.60. The van der Waals surface area contributed by atoms with Gasteiger partial charge in [-0.05, 0) is 38.3 Å². The van der Waals surface area contributed by atoms with Gasteiger partial charge in [0.05, 0.1) is 11.5 Å². The maximum Gasteiger partial charge on any atom is 0.338 e. The first-order valence-electron chi connectivity index (χ1n) is 6.39. The van der Waals surface area contributed by atoms with Gasteiger partial charge in [-0.2, -0.15) is 0 Å². The van der Waals surface area contributed by atoms with Crippen LogP contribution in [-0.2, 0) is 9.53 Å². The molecule has 0 saturated heterocycles. The van der Waals surface area contributed by atoms with Gasteiger partial charge in [-0.1, -0.05) is 24.6 Å². The van der Waals surface area contributed by atoms with Gasteiger partial charge in [0.2, 0.25) is 0 Å². The Balaban J connectivity index is 2.12. The van der Waals surface area contributed by atoms with Crippen LogP contribution in [0.3, 0.4) is 0 Å². The fourth-order valence-corrected chi connectivity index (χ4v) is 2.51. The number of hydrogen-bond donors (Lipinski definition) is 0. The largest absolute Gasteiger partial charge is 0.455 e. The Morgan fingerprint density at radius 2 is 2.06 bits per heavy atom. The molecule has 2 rings (SSSR count). The van der Waals surface area contributed by atoms with Gasteiger partial charge in [-0.25, -0.2) is 4.79 Å². The van der Waals surface area contributed by atoms with E-state index in [1.165, 1.54) is 0 Å². The monoisotopic (exact) mass is 246 g/mol. The second-order valence-corrected chi connectivity index (χ2v) is 5.06. The molecule has 96 valence electrons. The third-order valence-corrected chi connectivity index (χ3v) is 3.72. The predicted octanol–water partition coefficient (Wildman–Crippen LogP) is 2.99. The van der Waals surface area contributed by atoms with E-state index >= 15 is 0 Å². The number of ether oxygens (including phenoxy) is 1. The zero-order valence-electron chi connectivity index (χ0n) is 10.6. The average Bonchev–Trinajstić information content (AvgIpc) is 2.40. The van der Waals surface area contributed by atoms with Crippen molar-refractivity contribution < 1.29 is 14.3 Å². The van der Waals surface area contributed by atoms with Crippen LogP contribution < -0.4 is 0 Å². The second kappa shape index (κ2) is 5.34. The number of rotatable bonds is 3. The van der Waals surface area contributed by atoms with E-state index in [-0.39, 0.29) is 11.9 Å². The quantitative estimate of drug-likeness (QED) is 0.608. The Morgan fingerprint density at radius 1 is 1.33 bits per heavy atom. The van der Waals surface area contributed by atoms with Gasteiger partial charge in [0.15, 0.2) is 0 Å². The molecule has 2 atom stereocenters. The maximum absolute atomic E-state index is 12.0. The van der Waals surface area contributed by atoms with Crippen molar-refractivity contribution in [2.75, 3.05) is 0 Å². The highest BCUT2D eigenvalue weighted by Gasteiger charge is 2.40. The molecule has 1 saturated carbocycles. The van der Waals surface area contributed by atoms with E-state index in [1.807, 2.05) is 13.0 Å². The SMILES string of the molecule is C[C@]1(OC(=O)c2ccccc2)CCCC[C@H]1C=O. The molecule has 0 aliphatic heterocycles. The minimum atomic E-state index is -0.646. The van der Waals surface area contributed by atoms with Crippen molar-refractivity contribution in [2.24, 2.45) is 5.92 Å². The molecule has 0 heterocycles. The van der Waals surface area contributed by atoms with Crippen molar-refractivity contribution in [1.29, 1.82) is 0 Å². The zero-order chi connectivity index (χ0) is 13.0. The standard InChI is InChI=1S/C15H18O3/c1-15(10-6-5-9-13(15)11-16)18-14(17)12-7-3-2-4-8-12/h2-4,7-8,11,13H,5-6,9-10H2,1H3/t13-,15-/m0/s1. The van der Waals surface area contributed by atoms with Gasteiger partial charge < -0.3 is 9.53 Å². The number of aldehydes is 1. The number of benzene rings is 1. The topological polar surface area (TPSA) is 43.4 Å². The third-order valence-electron chi connectivity index (χ3n) is 3.72. The van der Waals surface area contributed by atoms with Crippen LogP contribution >= 0.6 is 0 Å². The lowest BCUT2D eigenvalue weighted by molar-refractivity contribution is -0.123. The molecule has 3 heteroatoms. The third kappa shape index (κ3) is 2.61. The molecule has 1 aromatic carbocycles. The maximum atomic E-state index is 12.0. The fraction of sp³-hybridized carbons (Fsp3) is 0.467. The minimum Gasteiger partial charge on any atom is -0.455 e. The first-order chi connectivity index (χ1) is 8.65. The van der Waals surface area contributed by atoms with E-state index in [0.717, 1.165) is 32.0 Å². The minimum absolute atomic E-state index is 0.182. The summed E-state index contributed by atoms with van der Waals surface area (Å²) in [5.74, 6) is -0.522. The summed E-state index contributed by atoms with van der Waals surface area (Å²) in [5, 5.41) is 0. The number of carbonyl (C=O) groups is 2. The van der Waals surface area contributed by atoms with E-state index in [0.29, 0.717) is 5.56 Å². The second-order valence-electron chi connectivity index (χ2n) is 5.06. The molecule has 3 nitrogen and oxygen atoms in total. The summed E-state index contributed by atoms with van der Waals surface area (Å²) in [6.45, 7) is 1.87. The summed E-state index contributed by atoms with van der Waals surface area (Å²) in [5.41, 5.74) is -0.110. The van der Waals surface area contributed by atoms with Crippen LogP contribution in [0, 0.1) is 5.92 Å². The molecule has 1 fully saturated rings. The van der Waals surface area contributed by atoms with E-state index in [1.54, 1.807) is 24.3 Å². The molecule has 0 bridgehead atoms. The molecule has 0 amide bonds. The Hall–Kier alpha value is -1.64. The molecule has 18 heavy (non-hydrogen) atoms. The molecule has 0 radical (unpaired) electrons. The number of hydrogen-bond acceptors (Lipinski definition) is 3. The van der Waals surface area contributed by atoms with Crippen LogP contribution in [0.5, 0.6) is 0 Å². The van der Waals surface area contributed by atoms with Crippen LogP contribution in [0.2, 0.25) is 0 Å². The first kappa shape index (κ1) is 12.8. The summed E-state index contributed by atoms with van der Waals surface area (Å²) >= 11 is 0. The Labute approximate surface area is 107 Å². The smallest absolute Gasteiger partial charge is 0.338 e. The van der Waals surface area contributed by atoms with Crippen LogP contribution in [0.25, 0.3) is 0 Å². The summed E-state index contributed by atoms with van der Waals surface area (Å²) in [7, 11) is 0. The lowest BCUT2D eigenvalue weighted by Crippen LogP contribution is -2.43. The van der Waals surface area contributed by atoms with Crippen LogP contribution in [0.4, 0.5) is 0 Å². The molecule has 0 spiro atoms. The molecule has 1 aliphatic rings. The lowest BCUT2D eigenvalue weighted by atomic mass is 9.77. The number of carbonyl (C=O) groups excluding carboxylic acids is 2. The fourth-order valence-electron chi connectivity index (χ4n) is 2.51. The summed E-state index contributed by atoms with van der Waals surface area (Å²) in [4.78, 5) is 23.1. The van der Waals surface area contributed by atoms with Crippen LogP contribution in [0.15, 0.2) is 30.3 Å². The molecule has 0 aromatic heterocycles. The first-order valence-corrected chi connectivity index (χ1v) is 6.39. The molecule has 0 unspecified atom stereocenters. The number of esters is 1. The molecule has 0 N–H and O–H groups in total. The van der Waals surface area contributed by atoms with E-state index in [4.69, 9.17) is 4.74 Å².